The topological polar surface area (TPSA) is 90.9 Å². The second-order valence-corrected chi connectivity index (χ2v) is 6.60. The van der Waals surface area contributed by atoms with Crippen molar-refractivity contribution in [1.29, 1.82) is 0 Å². The highest BCUT2D eigenvalue weighted by Gasteiger charge is 2.14. The van der Waals surface area contributed by atoms with Gasteiger partial charge in [-0.3, -0.25) is 4.79 Å². The van der Waals surface area contributed by atoms with Crippen LogP contribution in [0.2, 0.25) is 0 Å². The van der Waals surface area contributed by atoms with Crippen molar-refractivity contribution < 1.29 is 28.6 Å². The van der Waals surface area contributed by atoms with E-state index in [4.69, 9.17) is 9.47 Å². The van der Waals surface area contributed by atoms with E-state index < -0.39 is 24.5 Å². The van der Waals surface area contributed by atoms with Gasteiger partial charge in [0.05, 0.1) is 23.9 Å². The van der Waals surface area contributed by atoms with Crippen LogP contribution in [0.3, 0.4) is 0 Å². The third kappa shape index (κ3) is 5.93. The molecule has 0 heterocycles. The first-order valence-corrected chi connectivity index (χ1v) is 9.45. The van der Waals surface area contributed by atoms with Crippen LogP contribution in [0, 0.1) is 6.92 Å². The van der Waals surface area contributed by atoms with Crippen molar-refractivity contribution in [3.8, 4) is 11.5 Å². The normalized spacial score (nSPS) is 10.1. The number of carbonyl (C=O) groups excluding carboxylic acids is 3. The number of benzene rings is 3. The Morgan fingerprint density at radius 2 is 1.42 bits per heavy atom. The number of esters is 2. The molecule has 3 aromatic rings. The highest BCUT2D eigenvalue weighted by Crippen LogP contribution is 2.29. The number of amides is 1. The number of carbonyl (C=O) groups is 3. The van der Waals surface area contributed by atoms with Gasteiger partial charge in [0.25, 0.3) is 5.91 Å². The van der Waals surface area contributed by atoms with Gasteiger partial charge in [0, 0.05) is 0 Å². The maximum absolute atomic E-state index is 12.3. The molecule has 0 atom stereocenters. The number of hydrogen-bond acceptors (Lipinski definition) is 6. The quantitative estimate of drug-likeness (QED) is 0.572. The molecule has 0 fully saturated rings. The molecule has 7 heteroatoms. The van der Waals surface area contributed by atoms with Gasteiger partial charge in [-0.25, -0.2) is 9.59 Å². The van der Waals surface area contributed by atoms with E-state index in [1.807, 2.05) is 31.2 Å². The van der Waals surface area contributed by atoms with E-state index in [1.54, 1.807) is 24.3 Å². The number of rotatable bonds is 7. The molecule has 0 aliphatic rings. The summed E-state index contributed by atoms with van der Waals surface area (Å²) in [5, 5.41) is 2.68. The van der Waals surface area contributed by atoms with Crippen LogP contribution in [0.4, 0.5) is 5.69 Å². The van der Waals surface area contributed by atoms with E-state index in [0.29, 0.717) is 22.7 Å². The monoisotopic (exact) mass is 419 g/mol. The molecule has 158 valence electrons. The Kier molecular flexibility index (Phi) is 7.01. The number of methoxy groups -OCH3 is 1. The van der Waals surface area contributed by atoms with Crippen molar-refractivity contribution in [2.24, 2.45) is 0 Å². The lowest BCUT2D eigenvalue weighted by Crippen LogP contribution is -2.21. The van der Waals surface area contributed by atoms with Crippen LogP contribution in [-0.2, 0) is 14.3 Å². The van der Waals surface area contributed by atoms with Gasteiger partial charge in [0.1, 0.15) is 5.75 Å². The summed E-state index contributed by atoms with van der Waals surface area (Å²) in [5.74, 6) is -0.611. The number of aryl methyl sites for hydroxylation is 1. The molecule has 0 unspecified atom stereocenters. The molecule has 0 radical (unpaired) electrons. The predicted octanol–water partition coefficient (Wildman–Crippen LogP) is 4.37. The Bertz CT molecular complexity index is 1070. The van der Waals surface area contributed by atoms with Crippen molar-refractivity contribution in [3.63, 3.8) is 0 Å². The first-order valence-electron chi connectivity index (χ1n) is 9.45. The summed E-state index contributed by atoms with van der Waals surface area (Å²) in [6.07, 6.45) is 0. The fourth-order valence-corrected chi connectivity index (χ4v) is 2.65. The highest BCUT2D eigenvalue weighted by molar-refractivity contribution is 5.97. The standard InChI is InChI=1S/C24H21NO6/c1-16-7-13-19(14-8-16)31-21-6-4-3-5-20(21)25-22(26)15-30-24(28)18-11-9-17(10-12-18)23(27)29-2/h3-14H,15H2,1-2H3,(H,25,26). The lowest BCUT2D eigenvalue weighted by molar-refractivity contribution is -0.119. The Morgan fingerprint density at radius 1 is 0.806 bits per heavy atom. The molecule has 7 nitrogen and oxygen atoms in total. The molecule has 0 bridgehead atoms. The number of hydrogen-bond donors (Lipinski definition) is 1. The fourth-order valence-electron chi connectivity index (χ4n) is 2.65. The zero-order valence-corrected chi connectivity index (χ0v) is 17.1. The van der Waals surface area contributed by atoms with Crippen molar-refractivity contribution in [2.75, 3.05) is 19.0 Å². The SMILES string of the molecule is COC(=O)c1ccc(C(=O)OCC(=O)Nc2ccccc2Oc2ccc(C)cc2)cc1. The average molecular weight is 419 g/mol. The largest absolute Gasteiger partial charge is 0.465 e. The van der Waals surface area contributed by atoms with Crippen LogP contribution < -0.4 is 10.1 Å². The van der Waals surface area contributed by atoms with E-state index in [0.717, 1.165) is 5.56 Å². The van der Waals surface area contributed by atoms with Gasteiger partial charge in [-0.1, -0.05) is 29.8 Å². The summed E-state index contributed by atoms with van der Waals surface area (Å²) in [6.45, 7) is 1.50. The minimum atomic E-state index is -0.684. The van der Waals surface area contributed by atoms with Crippen molar-refractivity contribution in [1.82, 2.24) is 0 Å². The summed E-state index contributed by atoms with van der Waals surface area (Å²) >= 11 is 0. The summed E-state index contributed by atoms with van der Waals surface area (Å²) < 4.78 is 15.5. The van der Waals surface area contributed by atoms with Crippen LogP contribution in [0.1, 0.15) is 26.3 Å². The smallest absolute Gasteiger partial charge is 0.338 e. The van der Waals surface area contributed by atoms with Crippen LogP contribution in [0.5, 0.6) is 11.5 Å². The molecule has 3 aromatic carbocycles. The Morgan fingerprint density at radius 3 is 2.06 bits per heavy atom. The van der Waals surface area contributed by atoms with Gasteiger partial charge in [-0.05, 0) is 55.5 Å². The van der Waals surface area contributed by atoms with Gasteiger partial charge in [0.15, 0.2) is 12.4 Å². The van der Waals surface area contributed by atoms with Crippen molar-refractivity contribution in [3.05, 3.63) is 89.5 Å². The third-order valence-corrected chi connectivity index (χ3v) is 4.29. The second kappa shape index (κ2) is 10.1. The molecule has 0 aliphatic carbocycles. The molecule has 1 amide bonds. The first-order chi connectivity index (χ1) is 15.0. The zero-order chi connectivity index (χ0) is 22.2. The van der Waals surface area contributed by atoms with Crippen molar-refractivity contribution in [2.45, 2.75) is 6.92 Å². The Balaban J connectivity index is 1.58. The summed E-state index contributed by atoms with van der Waals surface area (Å²) in [6, 6.07) is 20.2. The van der Waals surface area contributed by atoms with Gasteiger partial charge in [0.2, 0.25) is 0 Å². The number of nitrogens with one attached hydrogen (secondary N) is 1. The van der Waals surface area contributed by atoms with Crippen molar-refractivity contribution >= 4 is 23.5 Å². The van der Waals surface area contributed by atoms with E-state index in [9.17, 15) is 14.4 Å². The average Bonchev–Trinajstić information content (AvgIpc) is 2.80. The van der Waals surface area contributed by atoms with Gasteiger partial charge < -0.3 is 19.5 Å². The maximum atomic E-state index is 12.3. The molecule has 1 N–H and O–H groups in total. The van der Waals surface area contributed by atoms with E-state index >= 15 is 0 Å². The number of anilines is 1. The van der Waals surface area contributed by atoms with Crippen LogP contribution in [0.25, 0.3) is 0 Å². The lowest BCUT2D eigenvalue weighted by Gasteiger charge is -2.12. The van der Waals surface area contributed by atoms with Crippen LogP contribution >= 0.6 is 0 Å². The Labute approximate surface area is 179 Å². The van der Waals surface area contributed by atoms with Crippen LogP contribution in [-0.4, -0.2) is 31.6 Å². The molecule has 31 heavy (non-hydrogen) atoms. The predicted molar refractivity (Wildman–Crippen MR) is 114 cm³/mol. The minimum Gasteiger partial charge on any atom is -0.465 e. The minimum absolute atomic E-state index is 0.212. The van der Waals surface area contributed by atoms with E-state index in [-0.39, 0.29) is 5.56 Å². The zero-order valence-electron chi connectivity index (χ0n) is 17.1. The van der Waals surface area contributed by atoms with E-state index in [2.05, 4.69) is 10.1 Å². The fraction of sp³-hybridized carbons (Fsp3) is 0.125. The molecule has 0 spiro atoms. The maximum Gasteiger partial charge on any atom is 0.338 e. The molecule has 0 saturated heterocycles. The van der Waals surface area contributed by atoms with Gasteiger partial charge in [-0.2, -0.15) is 0 Å². The van der Waals surface area contributed by atoms with Gasteiger partial charge >= 0.3 is 11.9 Å². The first kappa shape index (κ1) is 21.6. The van der Waals surface area contributed by atoms with Gasteiger partial charge in [-0.15, -0.1) is 0 Å². The molecular weight excluding hydrogens is 398 g/mol. The van der Waals surface area contributed by atoms with E-state index in [1.165, 1.54) is 31.4 Å². The lowest BCUT2D eigenvalue weighted by atomic mass is 10.1. The molecule has 0 aromatic heterocycles. The Hall–Kier alpha value is -4.13. The molecule has 3 rings (SSSR count). The van der Waals surface area contributed by atoms with Crippen LogP contribution in [0.15, 0.2) is 72.8 Å². The molecule has 0 aliphatic heterocycles. The third-order valence-electron chi connectivity index (χ3n) is 4.29. The summed E-state index contributed by atoms with van der Waals surface area (Å²) in [7, 11) is 1.27. The molecule has 0 saturated carbocycles. The molecular formula is C24H21NO6. The number of para-hydroxylation sites is 2. The summed E-state index contributed by atoms with van der Waals surface area (Å²) in [4.78, 5) is 35.9. The highest BCUT2D eigenvalue weighted by atomic mass is 16.5. The number of ether oxygens (including phenoxy) is 3. The second-order valence-electron chi connectivity index (χ2n) is 6.60. The summed E-state index contributed by atoms with van der Waals surface area (Å²) in [5.41, 5.74) is 2.08.